The van der Waals surface area contributed by atoms with Gasteiger partial charge in [-0.2, -0.15) is 0 Å². The molecule has 3 nitrogen and oxygen atoms in total. The molecule has 0 spiro atoms. The zero-order valence-corrected chi connectivity index (χ0v) is 8.68. The van der Waals surface area contributed by atoms with Gasteiger partial charge in [0.25, 0.3) is 0 Å². The van der Waals surface area contributed by atoms with Gasteiger partial charge in [0.05, 0.1) is 6.10 Å². The smallest absolute Gasteiger partial charge is 0.155 e. The van der Waals surface area contributed by atoms with E-state index in [-0.39, 0.29) is 6.10 Å². The highest BCUT2D eigenvalue weighted by atomic mass is 35.5. The van der Waals surface area contributed by atoms with E-state index in [9.17, 15) is 0 Å². The Morgan fingerprint density at radius 1 is 1.46 bits per heavy atom. The summed E-state index contributed by atoms with van der Waals surface area (Å²) >= 11 is 11.4. The van der Waals surface area contributed by atoms with Crippen LogP contribution in [0.2, 0.25) is 10.3 Å². The van der Waals surface area contributed by atoms with Crippen molar-refractivity contribution in [1.29, 1.82) is 0 Å². The molecule has 0 aliphatic rings. The van der Waals surface area contributed by atoms with Crippen LogP contribution in [-0.2, 0) is 6.42 Å². The number of rotatable bonds is 3. The summed E-state index contributed by atoms with van der Waals surface area (Å²) in [7, 11) is 0. The number of nitrogens with zero attached hydrogens (tertiary/aromatic N) is 2. The van der Waals surface area contributed by atoms with Gasteiger partial charge in [0.15, 0.2) is 10.3 Å². The standard InChI is InChI=1S/C8H10Cl2N2O/c1-5(13)2-3-6-4-7(9)11-12-8(6)10/h4-5,13H,2-3H2,1H3/t5-/m1/s1. The Kier molecular flexibility index (Phi) is 3.90. The molecule has 0 amide bonds. The van der Waals surface area contributed by atoms with Gasteiger partial charge in [-0.25, -0.2) is 0 Å². The first kappa shape index (κ1) is 10.7. The Balaban J connectivity index is 2.70. The van der Waals surface area contributed by atoms with Crippen LogP contribution in [0.25, 0.3) is 0 Å². The molecular formula is C8H10Cl2N2O. The minimum atomic E-state index is -0.344. The Hall–Kier alpha value is -0.380. The summed E-state index contributed by atoms with van der Waals surface area (Å²) in [5.74, 6) is 0. The van der Waals surface area contributed by atoms with E-state index in [1.165, 1.54) is 0 Å². The average Bonchev–Trinajstić information content (AvgIpc) is 2.06. The van der Waals surface area contributed by atoms with Gasteiger partial charge in [0, 0.05) is 0 Å². The average molecular weight is 221 g/mol. The molecule has 1 aromatic rings. The summed E-state index contributed by atoms with van der Waals surface area (Å²) in [6, 6.07) is 1.67. The van der Waals surface area contributed by atoms with Gasteiger partial charge < -0.3 is 5.11 Å². The van der Waals surface area contributed by atoms with Crippen LogP contribution in [0.15, 0.2) is 6.07 Å². The fourth-order valence-electron chi connectivity index (χ4n) is 0.928. The molecule has 0 radical (unpaired) electrons. The van der Waals surface area contributed by atoms with Crippen molar-refractivity contribution in [3.63, 3.8) is 0 Å². The molecule has 1 heterocycles. The minimum Gasteiger partial charge on any atom is -0.393 e. The second-order valence-electron chi connectivity index (χ2n) is 2.87. The number of hydrogen-bond acceptors (Lipinski definition) is 3. The van der Waals surface area contributed by atoms with E-state index < -0.39 is 0 Å². The normalized spacial score (nSPS) is 12.9. The van der Waals surface area contributed by atoms with Gasteiger partial charge in [-0.1, -0.05) is 23.2 Å². The van der Waals surface area contributed by atoms with Gasteiger partial charge in [-0.05, 0) is 31.4 Å². The van der Waals surface area contributed by atoms with Crippen molar-refractivity contribution in [2.24, 2.45) is 0 Å². The first-order chi connectivity index (χ1) is 6.09. The first-order valence-electron chi connectivity index (χ1n) is 3.95. The molecule has 0 saturated heterocycles. The molecule has 1 aromatic heterocycles. The molecule has 5 heteroatoms. The second kappa shape index (κ2) is 4.74. The minimum absolute atomic E-state index is 0.324. The van der Waals surface area contributed by atoms with Crippen LogP contribution in [0, 0.1) is 0 Å². The predicted octanol–water partition coefficient (Wildman–Crippen LogP) is 2.10. The number of aryl methyl sites for hydroxylation is 1. The Labute approximate surface area is 86.7 Å². The molecule has 0 aromatic carbocycles. The van der Waals surface area contributed by atoms with Crippen molar-refractivity contribution in [2.45, 2.75) is 25.9 Å². The van der Waals surface area contributed by atoms with Gasteiger partial charge in [-0.3, -0.25) is 0 Å². The van der Waals surface area contributed by atoms with Crippen LogP contribution in [0.5, 0.6) is 0 Å². The molecule has 0 fully saturated rings. The number of aromatic nitrogens is 2. The lowest BCUT2D eigenvalue weighted by molar-refractivity contribution is 0.185. The molecule has 0 bridgehead atoms. The molecule has 72 valence electrons. The van der Waals surface area contributed by atoms with Gasteiger partial charge >= 0.3 is 0 Å². The largest absolute Gasteiger partial charge is 0.393 e. The third-order valence-electron chi connectivity index (χ3n) is 1.62. The summed E-state index contributed by atoms with van der Waals surface area (Å²) in [5, 5.41) is 17.0. The van der Waals surface area contributed by atoms with E-state index in [1.54, 1.807) is 13.0 Å². The van der Waals surface area contributed by atoms with Gasteiger partial charge in [-0.15, -0.1) is 10.2 Å². The lowest BCUT2D eigenvalue weighted by Crippen LogP contribution is -2.02. The third-order valence-corrected chi connectivity index (χ3v) is 2.13. The first-order valence-corrected chi connectivity index (χ1v) is 4.71. The highest BCUT2D eigenvalue weighted by molar-refractivity contribution is 6.31. The molecule has 0 aliphatic heterocycles. The van der Waals surface area contributed by atoms with Crippen molar-refractivity contribution in [3.05, 3.63) is 21.9 Å². The third kappa shape index (κ3) is 3.46. The number of aliphatic hydroxyl groups excluding tert-OH is 1. The molecule has 0 aliphatic carbocycles. The molecule has 1 rings (SSSR count). The fourth-order valence-corrected chi connectivity index (χ4v) is 1.28. The van der Waals surface area contributed by atoms with Crippen LogP contribution >= 0.6 is 23.2 Å². The van der Waals surface area contributed by atoms with E-state index >= 15 is 0 Å². The molecule has 1 atom stereocenters. The predicted molar refractivity (Wildman–Crippen MR) is 52.1 cm³/mol. The molecule has 0 unspecified atom stereocenters. The number of hydrogen-bond donors (Lipinski definition) is 1. The Morgan fingerprint density at radius 3 is 2.77 bits per heavy atom. The SMILES string of the molecule is C[C@@H](O)CCc1cc(Cl)nnc1Cl. The molecule has 13 heavy (non-hydrogen) atoms. The molecule has 1 N–H and O–H groups in total. The van der Waals surface area contributed by atoms with Crippen molar-refractivity contribution in [1.82, 2.24) is 10.2 Å². The van der Waals surface area contributed by atoms with Crippen LogP contribution in [0.3, 0.4) is 0 Å². The maximum atomic E-state index is 9.06. The lowest BCUT2D eigenvalue weighted by Gasteiger charge is -2.04. The monoisotopic (exact) mass is 220 g/mol. The summed E-state index contributed by atoms with van der Waals surface area (Å²) in [5.41, 5.74) is 0.822. The van der Waals surface area contributed by atoms with Gasteiger partial charge in [0.2, 0.25) is 0 Å². The van der Waals surface area contributed by atoms with Crippen molar-refractivity contribution in [3.8, 4) is 0 Å². The maximum absolute atomic E-state index is 9.06. The van der Waals surface area contributed by atoms with E-state index in [0.29, 0.717) is 23.1 Å². The van der Waals surface area contributed by atoms with E-state index in [0.717, 1.165) is 5.56 Å². The number of aliphatic hydroxyl groups is 1. The van der Waals surface area contributed by atoms with E-state index in [4.69, 9.17) is 28.3 Å². The summed E-state index contributed by atoms with van der Waals surface area (Å²) in [6.07, 6.45) is 0.955. The van der Waals surface area contributed by atoms with Crippen molar-refractivity contribution in [2.75, 3.05) is 0 Å². The second-order valence-corrected chi connectivity index (χ2v) is 3.62. The zero-order chi connectivity index (χ0) is 9.84. The molecular weight excluding hydrogens is 211 g/mol. The fraction of sp³-hybridized carbons (Fsp3) is 0.500. The maximum Gasteiger partial charge on any atom is 0.155 e. The zero-order valence-electron chi connectivity index (χ0n) is 7.17. The van der Waals surface area contributed by atoms with E-state index in [2.05, 4.69) is 10.2 Å². The Bertz CT molecular complexity index is 291. The summed E-state index contributed by atoms with van der Waals surface area (Å²) in [6.45, 7) is 1.73. The summed E-state index contributed by atoms with van der Waals surface area (Å²) < 4.78 is 0. The highest BCUT2D eigenvalue weighted by Gasteiger charge is 2.05. The van der Waals surface area contributed by atoms with Crippen molar-refractivity contribution < 1.29 is 5.11 Å². The lowest BCUT2D eigenvalue weighted by atomic mass is 10.1. The van der Waals surface area contributed by atoms with Crippen LogP contribution in [-0.4, -0.2) is 21.4 Å². The summed E-state index contributed by atoms with van der Waals surface area (Å²) in [4.78, 5) is 0. The topological polar surface area (TPSA) is 46.0 Å². The van der Waals surface area contributed by atoms with Crippen LogP contribution < -0.4 is 0 Å². The van der Waals surface area contributed by atoms with Crippen LogP contribution in [0.4, 0.5) is 0 Å². The quantitative estimate of drug-likeness (QED) is 0.849. The van der Waals surface area contributed by atoms with Crippen molar-refractivity contribution >= 4 is 23.2 Å². The van der Waals surface area contributed by atoms with Crippen LogP contribution in [0.1, 0.15) is 18.9 Å². The van der Waals surface area contributed by atoms with Gasteiger partial charge in [0.1, 0.15) is 0 Å². The number of halogens is 2. The van der Waals surface area contributed by atoms with E-state index in [1.807, 2.05) is 0 Å². The highest BCUT2D eigenvalue weighted by Crippen LogP contribution is 2.17. The molecule has 0 saturated carbocycles. The Morgan fingerprint density at radius 2 is 2.15 bits per heavy atom.